The number of aryl methyl sites for hydroxylation is 2. The summed E-state index contributed by atoms with van der Waals surface area (Å²) in [5, 5.41) is 6.91. The van der Waals surface area contributed by atoms with E-state index in [0.29, 0.717) is 5.69 Å². The lowest BCUT2D eigenvalue weighted by Crippen LogP contribution is -2.51. The third kappa shape index (κ3) is 3.48. The summed E-state index contributed by atoms with van der Waals surface area (Å²) in [7, 11) is 4.48. The number of anilines is 1. The Morgan fingerprint density at radius 2 is 1.93 bits per heavy atom. The SMILES string of the molecule is COC(=O)c1c(NC(=O)C2OCC(=O)N(C)C2c2ccccc2)c(C)nn1C. The van der Waals surface area contributed by atoms with E-state index in [1.54, 1.807) is 21.0 Å². The van der Waals surface area contributed by atoms with Gasteiger partial charge in [-0.25, -0.2) is 4.79 Å². The number of aromatic nitrogens is 2. The average molecular weight is 386 g/mol. The highest BCUT2D eigenvalue weighted by Crippen LogP contribution is 2.30. The van der Waals surface area contributed by atoms with Gasteiger partial charge in [0.2, 0.25) is 5.91 Å². The lowest BCUT2D eigenvalue weighted by atomic mass is 9.97. The van der Waals surface area contributed by atoms with Crippen molar-refractivity contribution in [3.8, 4) is 0 Å². The molecule has 1 aliphatic heterocycles. The van der Waals surface area contributed by atoms with Crippen molar-refractivity contribution >= 4 is 23.5 Å². The number of methoxy groups -OCH3 is 1. The van der Waals surface area contributed by atoms with Crippen molar-refractivity contribution in [1.29, 1.82) is 0 Å². The van der Waals surface area contributed by atoms with Gasteiger partial charge >= 0.3 is 5.97 Å². The molecule has 2 heterocycles. The normalized spacial score (nSPS) is 19.4. The molecule has 148 valence electrons. The number of esters is 1. The topological polar surface area (TPSA) is 103 Å². The van der Waals surface area contributed by atoms with Crippen LogP contribution in [0.1, 0.15) is 27.8 Å². The quantitative estimate of drug-likeness (QED) is 0.788. The summed E-state index contributed by atoms with van der Waals surface area (Å²) in [6.45, 7) is 1.47. The zero-order valence-corrected chi connectivity index (χ0v) is 16.1. The van der Waals surface area contributed by atoms with Gasteiger partial charge in [0.15, 0.2) is 11.8 Å². The molecule has 2 amide bonds. The molecule has 1 aliphatic rings. The van der Waals surface area contributed by atoms with Crippen LogP contribution in [0.3, 0.4) is 0 Å². The van der Waals surface area contributed by atoms with Crippen LogP contribution < -0.4 is 5.32 Å². The maximum atomic E-state index is 13.1. The second kappa shape index (κ2) is 7.81. The number of likely N-dealkylation sites (N-methyl/N-ethyl adjacent to an activating group) is 1. The fraction of sp³-hybridized carbons (Fsp3) is 0.368. The summed E-state index contributed by atoms with van der Waals surface area (Å²) < 4.78 is 11.7. The minimum Gasteiger partial charge on any atom is -0.464 e. The van der Waals surface area contributed by atoms with Gasteiger partial charge in [-0.2, -0.15) is 5.10 Å². The van der Waals surface area contributed by atoms with Crippen LogP contribution in [0, 0.1) is 6.92 Å². The molecule has 0 saturated carbocycles. The van der Waals surface area contributed by atoms with E-state index in [1.165, 1.54) is 16.7 Å². The molecule has 1 aromatic heterocycles. The van der Waals surface area contributed by atoms with Gasteiger partial charge in [0, 0.05) is 14.1 Å². The summed E-state index contributed by atoms with van der Waals surface area (Å²) in [6.07, 6.45) is -0.949. The van der Waals surface area contributed by atoms with Gasteiger partial charge in [0.1, 0.15) is 6.61 Å². The van der Waals surface area contributed by atoms with Crippen LogP contribution in [-0.2, 0) is 26.1 Å². The third-order valence-corrected chi connectivity index (χ3v) is 4.73. The number of benzene rings is 1. The van der Waals surface area contributed by atoms with Crippen molar-refractivity contribution < 1.29 is 23.9 Å². The number of carbonyl (C=O) groups excluding carboxylic acids is 3. The molecule has 9 heteroatoms. The van der Waals surface area contributed by atoms with E-state index in [-0.39, 0.29) is 23.9 Å². The predicted molar refractivity (Wildman–Crippen MR) is 99.6 cm³/mol. The zero-order valence-electron chi connectivity index (χ0n) is 16.1. The summed E-state index contributed by atoms with van der Waals surface area (Å²) in [6, 6.07) is 8.58. The van der Waals surface area contributed by atoms with Gasteiger partial charge in [-0.05, 0) is 12.5 Å². The number of rotatable bonds is 4. The molecule has 0 bridgehead atoms. The number of ether oxygens (including phenoxy) is 2. The third-order valence-electron chi connectivity index (χ3n) is 4.73. The van der Waals surface area contributed by atoms with Crippen molar-refractivity contribution in [2.45, 2.75) is 19.1 Å². The van der Waals surface area contributed by atoms with Crippen molar-refractivity contribution in [3.05, 3.63) is 47.3 Å². The van der Waals surface area contributed by atoms with E-state index < -0.39 is 24.0 Å². The second-order valence-corrected chi connectivity index (χ2v) is 6.51. The first-order valence-corrected chi connectivity index (χ1v) is 8.70. The van der Waals surface area contributed by atoms with Crippen LogP contribution in [0.2, 0.25) is 0 Å². The number of amides is 2. The Bertz CT molecular complexity index is 909. The minimum atomic E-state index is -0.949. The predicted octanol–water partition coefficient (Wildman–Crippen LogP) is 1.05. The number of morpholine rings is 1. The molecule has 2 aromatic rings. The number of nitrogens with zero attached hydrogens (tertiary/aromatic N) is 3. The maximum Gasteiger partial charge on any atom is 0.358 e. The van der Waals surface area contributed by atoms with E-state index in [4.69, 9.17) is 9.47 Å². The van der Waals surface area contributed by atoms with Crippen molar-refractivity contribution in [3.63, 3.8) is 0 Å². The van der Waals surface area contributed by atoms with Crippen molar-refractivity contribution in [2.75, 3.05) is 26.1 Å². The highest BCUT2D eigenvalue weighted by Gasteiger charge is 2.40. The maximum absolute atomic E-state index is 13.1. The molecule has 0 aliphatic carbocycles. The highest BCUT2D eigenvalue weighted by molar-refractivity contribution is 6.03. The molecule has 28 heavy (non-hydrogen) atoms. The Morgan fingerprint density at radius 3 is 2.57 bits per heavy atom. The molecular weight excluding hydrogens is 364 g/mol. The molecule has 0 radical (unpaired) electrons. The monoisotopic (exact) mass is 386 g/mol. The first-order chi connectivity index (χ1) is 13.3. The summed E-state index contributed by atoms with van der Waals surface area (Å²) >= 11 is 0. The molecule has 2 atom stereocenters. The molecule has 3 rings (SSSR count). The minimum absolute atomic E-state index is 0.129. The molecule has 2 unspecified atom stereocenters. The van der Waals surface area contributed by atoms with Crippen LogP contribution in [0.25, 0.3) is 0 Å². The van der Waals surface area contributed by atoms with Crippen LogP contribution in [0.4, 0.5) is 5.69 Å². The molecule has 1 fully saturated rings. The van der Waals surface area contributed by atoms with Gasteiger partial charge in [0.25, 0.3) is 5.91 Å². The van der Waals surface area contributed by atoms with E-state index in [1.807, 2.05) is 30.3 Å². The first kappa shape index (κ1) is 19.6. The van der Waals surface area contributed by atoms with E-state index >= 15 is 0 Å². The van der Waals surface area contributed by atoms with Gasteiger partial charge in [0.05, 0.1) is 24.5 Å². The fourth-order valence-electron chi connectivity index (χ4n) is 3.31. The number of hydrogen-bond acceptors (Lipinski definition) is 6. The first-order valence-electron chi connectivity index (χ1n) is 8.70. The van der Waals surface area contributed by atoms with E-state index in [0.717, 1.165) is 5.56 Å². The molecule has 0 spiro atoms. The number of nitrogens with one attached hydrogen (secondary N) is 1. The number of carbonyl (C=O) groups is 3. The van der Waals surface area contributed by atoms with Crippen LogP contribution in [0.5, 0.6) is 0 Å². The van der Waals surface area contributed by atoms with Gasteiger partial charge in [-0.1, -0.05) is 30.3 Å². The van der Waals surface area contributed by atoms with Gasteiger partial charge < -0.3 is 19.7 Å². The molecule has 1 saturated heterocycles. The standard InChI is InChI=1S/C19H22N4O5/c1-11-14(16(19(26)27-4)23(3)21-11)20-18(25)17-15(12-8-6-5-7-9-12)22(2)13(24)10-28-17/h5-9,15,17H,10H2,1-4H3,(H,20,25). The van der Waals surface area contributed by atoms with Crippen LogP contribution in [-0.4, -0.2) is 59.3 Å². The molecule has 1 N–H and O–H groups in total. The van der Waals surface area contributed by atoms with Crippen LogP contribution in [0.15, 0.2) is 30.3 Å². The molecule has 9 nitrogen and oxygen atoms in total. The fourth-order valence-corrected chi connectivity index (χ4v) is 3.31. The highest BCUT2D eigenvalue weighted by atomic mass is 16.5. The summed E-state index contributed by atoms with van der Waals surface area (Å²) in [4.78, 5) is 38.8. The Balaban J connectivity index is 1.93. The van der Waals surface area contributed by atoms with Gasteiger partial charge in [-0.3, -0.25) is 14.3 Å². The van der Waals surface area contributed by atoms with Crippen LogP contribution >= 0.6 is 0 Å². The average Bonchev–Trinajstić information content (AvgIpc) is 2.96. The zero-order chi connectivity index (χ0) is 20.4. The smallest absolute Gasteiger partial charge is 0.358 e. The Labute approximate surface area is 162 Å². The van der Waals surface area contributed by atoms with Crippen molar-refractivity contribution in [1.82, 2.24) is 14.7 Å². The molecular formula is C19H22N4O5. The lowest BCUT2D eigenvalue weighted by Gasteiger charge is -2.38. The summed E-state index contributed by atoms with van der Waals surface area (Å²) in [5.41, 5.74) is 1.63. The lowest BCUT2D eigenvalue weighted by molar-refractivity contribution is -0.160. The number of hydrogen-bond donors (Lipinski definition) is 1. The Hall–Kier alpha value is -3.20. The Kier molecular flexibility index (Phi) is 5.46. The Morgan fingerprint density at radius 1 is 1.25 bits per heavy atom. The largest absolute Gasteiger partial charge is 0.464 e. The summed E-state index contributed by atoms with van der Waals surface area (Å²) in [5.74, 6) is -1.31. The van der Waals surface area contributed by atoms with E-state index in [9.17, 15) is 14.4 Å². The molecule has 1 aromatic carbocycles. The second-order valence-electron chi connectivity index (χ2n) is 6.51. The van der Waals surface area contributed by atoms with E-state index in [2.05, 4.69) is 10.4 Å². The van der Waals surface area contributed by atoms with Crippen molar-refractivity contribution in [2.24, 2.45) is 7.05 Å². The van der Waals surface area contributed by atoms with Gasteiger partial charge in [-0.15, -0.1) is 0 Å².